The molecule has 3 rings (SSSR count). The van der Waals surface area contributed by atoms with Crippen molar-refractivity contribution in [2.45, 2.75) is 18.8 Å². The van der Waals surface area contributed by atoms with Crippen LogP contribution in [0, 0.1) is 0 Å². The summed E-state index contributed by atoms with van der Waals surface area (Å²) in [7, 11) is 3.08. The summed E-state index contributed by atoms with van der Waals surface area (Å²) in [5.74, 6) is -0.497. The number of alkyl halides is 3. The third kappa shape index (κ3) is 6.25. The maximum atomic E-state index is 12.7. The fourth-order valence-corrected chi connectivity index (χ4v) is 3.51. The Morgan fingerprint density at radius 1 is 1.12 bits per heavy atom. The molecule has 1 aromatic heterocycles. The van der Waals surface area contributed by atoms with Gasteiger partial charge >= 0.3 is 11.9 Å². The van der Waals surface area contributed by atoms with E-state index in [9.17, 15) is 32.7 Å². The van der Waals surface area contributed by atoms with Crippen LogP contribution in [-0.4, -0.2) is 51.3 Å². The van der Waals surface area contributed by atoms with E-state index >= 15 is 0 Å². The van der Waals surface area contributed by atoms with Gasteiger partial charge < -0.3 is 10.4 Å². The van der Waals surface area contributed by atoms with Gasteiger partial charge in [-0.15, -0.1) is 12.4 Å². The number of para-hydroxylation sites is 1. The van der Waals surface area contributed by atoms with Crippen molar-refractivity contribution in [2.75, 3.05) is 25.5 Å². The van der Waals surface area contributed by atoms with Gasteiger partial charge in [-0.1, -0.05) is 12.1 Å². The lowest BCUT2D eigenvalue weighted by Crippen LogP contribution is -2.44. The topological polar surface area (TPSA) is 96.6 Å². The second-order valence-corrected chi connectivity index (χ2v) is 7.75. The van der Waals surface area contributed by atoms with Crippen LogP contribution in [0.25, 0.3) is 10.9 Å². The largest absolute Gasteiger partial charge is 0.416 e. The highest BCUT2D eigenvalue weighted by atomic mass is 35.5. The van der Waals surface area contributed by atoms with Crippen molar-refractivity contribution < 1.29 is 23.1 Å². The molecule has 8 nitrogen and oxygen atoms in total. The molecule has 0 aliphatic rings. The van der Waals surface area contributed by atoms with Gasteiger partial charge in [-0.2, -0.15) is 13.2 Å². The monoisotopic (exact) mass is 500 g/mol. The first-order valence-corrected chi connectivity index (χ1v) is 9.99. The van der Waals surface area contributed by atoms with Crippen LogP contribution in [0.2, 0.25) is 0 Å². The number of likely N-dealkylation sites (N-methyl/N-ethyl adjacent to an activating group) is 1. The molecular formula is C22H24ClF3N4O4. The molecule has 3 aromatic rings. The first-order valence-electron chi connectivity index (χ1n) is 9.99. The van der Waals surface area contributed by atoms with E-state index in [1.165, 1.54) is 16.5 Å². The third-order valence-electron chi connectivity index (χ3n) is 5.08. The third-order valence-corrected chi connectivity index (χ3v) is 5.08. The minimum absolute atomic E-state index is 0. The molecule has 1 atom stereocenters. The molecule has 2 N–H and O–H groups in total. The minimum Gasteiger partial charge on any atom is -0.390 e. The van der Waals surface area contributed by atoms with E-state index in [0.29, 0.717) is 10.9 Å². The zero-order valence-corrected chi connectivity index (χ0v) is 19.2. The number of aliphatic hydroxyl groups is 1. The SMILES string of the molecule is CN(CC(=O)Nc1ccc(C(F)(F)F)cc1)CC(O)Cn1c(=O)c2ccccc2n(C)c1=O.Cl. The lowest BCUT2D eigenvalue weighted by Gasteiger charge is -2.21. The number of rotatable bonds is 7. The van der Waals surface area contributed by atoms with Crippen LogP contribution < -0.4 is 16.6 Å². The number of nitrogens with zero attached hydrogens (tertiary/aromatic N) is 3. The molecule has 1 unspecified atom stereocenters. The Labute approximate surface area is 198 Å². The first-order chi connectivity index (χ1) is 15.5. The number of amides is 1. The summed E-state index contributed by atoms with van der Waals surface area (Å²) in [6.07, 6.45) is -5.59. The van der Waals surface area contributed by atoms with E-state index in [4.69, 9.17) is 0 Å². The number of benzene rings is 2. The summed E-state index contributed by atoms with van der Waals surface area (Å²) in [6.45, 7) is -0.452. The van der Waals surface area contributed by atoms with Crippen molar-refractivity contribution in [3.63, 3.8) is 0 Å². The quantitative estimate of drug-likeness (QED) is 0.518. The van der Waals surface area contributed by atoms with Crippen molar-refractivity contribution in [3.05, 3.63) is 74.9 Å². The normalized spacial score (nSPS) is 12.4. The Morgan fingerprint density at radius 3 is 2.35 bits per heavy atom. The lowest BCUT2D eigenvalue weighted by atomic mass is 10.2. The maximum Gasteiger partial charge on any atom is 0.416 e. The van der Waals surface area contributed by atoms with Gasteiger partial charge in [0.1, 0.15) is 0 Å². The van der Waals surface area contributed by atoms with Crippen LogP contribution in [-0.2, 0) is 24.6 Å². The van der Waals surface area contributed by atoms with Crippen molar-refractivity contribution in [2.24, 2.45) is 7.05 Å². The summed E-state index contributed by atoms with van der Waals surface area (Å²) in [4.78, 5) is 38.9. The number of aryl methyl sites for hydroxylation is 1. The fourth-order valence-electron chi connectivity index (χ4n) is 3.51. The van der Waals surface area contributed by atoms with Crippen molar-refractivity contribution >= 4 is 34.9 Å². The molecule has 0 bridgehead atoms. The fraction of sp³-hybridized carbons (Fsp3) is 0.318. The Bertz CT molecular complexity index is 1270. The average Bonchev–Trinajstić information content (AvgIpc) is 2.74. The van der Waals surface area contributed by atoms with Gasteiger partial charge in [0.15, 0.2) is 0 Å². The van der Waals surface area contributed by atoms with Gasteiger partial charge in [0.05, 0.1) is 35.7 Å². The average molecular weight is 501 g/mol. The predicted octanol–water partition coefficient (Wildman–Crippen LogP) is 2.07. The van der Waals surface area contributed by atoms with E-state index in [2.05, 4.69) is 5.32 Å². The molecule has 0 fully saturated rings. The van der Waals surface area contributed by atoms with Crippen molar-refractivity contribution in [1.29, 1.82) is 0 Å². The molecule has 0 saturated carbocycles. The van der Waals surface area contributed by atoms with Crippen LogP contribution in [0.1, 0.15) is 5.56 Å². The summed E-state index contributed by atoms with van der Waals surface area (Å²) >= 11 is 0. The predicted molar refractivity (Wildman–Crippen MR) is 124 cm³/mol. The van der Waals surface area contributed by atoms with Gasteiger partial charge in [-0.3, -0.25) is 23.6 Å². The molecular weight excluding hydrogens is 477 g/mol. The van der Waals surface area contributed by atoms with Crippen LogP contribution in [0.5, 0.6) is 0 Å². The number of hydrogen-bond acceptors (Lipinski definition) is 5. The maximum absolute atomic E-state index is 12.7. The Balaban J connectivity index is 0.00000408. The van der Waals surface area contributed by atoms with E-state index in [1.807, 2.05) is 0 Å². The molecule has 0 aliphatic carbocycles. The molecule has 1 heterocycles. The van der Waals surface area contributed by atoms with Gasteiger partial charge in [0, 0.05) is 19.3 Å². The highest BCUT2D eigenvalue weighted by Gasteiger charge is 2.30. The van der Waals surface area contributed by atoms with Crippen LogP contribution in [0.4, 0.5) is 18.9 Å². The summed E-state index contributed by atoms with van der Waals surface area (Å²) in [5.41, 5.74) is -1.23. The molecule has 12 heteroatoms. The smallest absolute Gasteiger partial charge is 0.390 e. The highest BCUT2D eigenvalue weighted by molar-refractivity contribution is 5.92. The molecule has 1 amide bonds. The number of aromatic nitrogens is 2. The van der Waals surface area contributed by atoms with E-state index in [-0.39, 0.29) is 37.7 Å². The first kappa shape index (κ1) is 27.1. The zero-order valence-electron chi connectivity index (χ0n) is 18.4. The Kier molecular flexibility index (Phi) is 8.65. The molecule has 34 heavy (non-hydrogen) atoms. The molecule has 0 spiro atoms. The van der Waals surface area contributed by atoms with Crippen molar-refractivity contribution in [1.82, 2.24) is 14.0 Å². The number of aliphatic hydroxyl groups excluding tert-OH is 1. The summed E-state index contributed by atoms with van der Waals surface area (Å²) < 4.78 is 40.1. The number of fused-ring (bicyclic) bond motifs is 1. The van der Waals surface area contributed by atoms with Gasteiger partial charge in [0.2, 0.25) is 5.91 Å². The Hall–Kier alpha value is -3.15. The van der Waals surface area contributed by atoms with Crippen LogP contribution >= 0.6 is 12.4 Å². The molecule has 2 aromatic carbocycles. The van der Waals surface area contributed by atoms with E-state index < -0.39 is 35.0 Å². The Morgan fingerprint density at radius 2 is 1.74 bits per heavy atom. The summed E-state index contributed by atoms with van der Waals surface area (Å²) in [6, 6.07) is 10.7. The number of carbonyl (C=O) groups excluding carboxylic acids is 1. The molecule has 0 radical (unpaired) electrons. The van der Waals surface area contributed by atoms with E-state index in [0.717, 1.165) is 28.8 Å². The second kappa shape index (κ2) is 10.9. The second-order valence-electron chi connectivity index (χ2n) is 7.75. The van der Waals surface area contributed by atoms with Crippen molar-refractivity contribution in [3.8, 4) is 0 Å². The van der Waals surface area contributed by atoms with E-state index in [1.54, 1.807) is 31.3 Å². The molecule has 184 valence electrons. The number of nitrogens with one attached hydrogen (secondary N) is 1. The number of anilines is 1. The zero-order chi connectivity index (χ0) is 24.3. The molecule has 0 aliphatic heterocycles. The summed E-state index contributed by atoms with van der Waals surface area (Å²) in [5, 5.41) is 13.2. The number of halogens is 4. The van der Waals surface area contributed by atoms with Gasteiger partial charge in [-0.05, 0) is 43.4 Å². The number of hydrogen-bond donors (Lipinski definition) is 2. The van der Waals surface area contributed by atoms with Gasteiger partial charge in [-0.25, -0.2) is 4.79 Å². The standard InChI is InChI=1S/C22H23F3N4O4.ClH/c1-27(13-19(31)26-15-9-7-14(8-10-15)22(23,24)25)11-16(30)12-29-20(32)17-5-3-4-6-18(17)28(2)21(29)33;/h3-10,16,30H,11-13H2,1-2H3,(H,26,31);1H. The molecule has 0 saturated heterocycles. The minimum atomic E-state index is -4.47. The highest BCUT2D eigenvalue weighted by Crippen LogP contribution is 2.29. The lowest BCUT2D eigenvalue weighted by molar-refractivity contribution is -0.137. The van der Waals surface area contributed by atoms with Crippen LogP contribution in [0.3, 0.4) is 0 Å². The van der Waals surface area contributed by atoms with Gasteiger partial charge in [0.25, 0.3) is 5.56 Å². The number of carbonyl (C=O) groups is 1. The van der Waals surface area contributed by atoms with Crippen LogP contribution in [0.15, 0.2) is 58.1 Å².